The van der Waals surface area contributed by atoms with Crippen molar-refractivity contribution in [1.82, 2.24) is 4.90 Å². The minimum Gasteiger partial charge on any atom is -0.493 e. The van der Waals surface area contributed by atoms with E-state index in [2.05, 4.69) is 13.8 Å². The predicted octanol–water partition coefficient (Wildman–Crippen LogP) is 7.84. The zero-order valence-electron chi connectivity index (χ0n) is 20.2. The van der Waals surface area contributed by atoms with Crippen LogP contribution in [0.25, 0.3) is 6.08 Å². The largest absolute Gasteiger partial charge is 0.493 e. The average Bonchev–Trinajstić information content (AvgIpc) is 3.13. The van der Waals surface area contributed by atoms with Crippen molar-refractivity contribution in [2.75, 3.05) is 13.7 Å². The van der Waals surface area contributed by atoms with Crippen LogP contribution >= 0.6 is 35.0 Å². The molecule has 0 radical (unpaired) electrons. The van der Waals surface area contributed by atoms with Gasteiger partial charge >= 0.3 is 0 Å². The fourth-order valence-corrected chi connectivity index (χ4v) is 4.79. The van der Waals surface area contributed by atoms with Crippen molar-refractivity contribution in [1.29, 1.82) is 0 Å². The van der Waals surface area contributed by atoms with Crippen LogP contribution in [0.4, 0.5) is 5.69 Å². The number of ether oxygens (including phenoxy) is 2. The quantitative estimate of drug-likeness (QED) is 0.273. The lowest BCUT2D eigenvalue weighted by molar-refractivity contribution is -0.122. The van der Waals surface area contributed by atoms with Crippen LogP contribution in [0, 0.1) is 5.92 Å². The van der Waals surface area contributed by atoms with E-state index < -0.39 is 0 Å². The second-order valence-corrected chi connectivity index (χ2v) is 10.5. The lowest BCUT2D eigenvalue weighted by atomic mass is 10.1. The van der Waals surface area contributed by atoms with E-state index in [1.165, 1.54) is 11.8 Å². The van der Waals surface area contributed by atoms with E-state index in [1.807, 2.05) is 60.7 Å². The summed E-state index contributed by atoms with van der Waals surface area (Å²) in [6.07, 6.45) is 1.86. The van der Waals surface area contributed by atoms with Gasteiger partial charge in [-0.2, -0.15) is 0 Å². The van der Waals surface area contributed by atoms with Gasteiger partial charge in [-0.15, -0.1) is 0 Å². The molecule has 8 heteroatoms. The molecule has 0 N–H and O–H groups in total. The summed E-state index contributed by atoms with van der Waals surface area (Å²) in [6, 6.07) is 20.4. The number of halogens is 2. The number of amidine groups is 1. The van der Waals surface area contributed by atoms with E-state index in [0.717, 1.165) is 16.8 Å². The maximum Gasteiger partial charge on any atom is 0.266 e. The molecule has 3 aromatic carbocycles. The molecule has 0 spiro atoms. The summed E-state index contributed by atoms with van der Waals surface area (Å²) < 4.78 is 11.5. The number of nitrogens with zero attached hydrogens (tertiary/aromatic N) is 2. The molecule has 0 saturated carbocycles. The highest BCUT2D eigenvalue weighted by atomic mass is 35.5. The number of amides is 1. The van der Waals surface area contributed by atoms with Gasteiger partial charge < -0.3 is 9.47 Å². The molecule has 1 amide bonds. The number of hydrogen-bond acceptors (Lipinski definition) is 5. The van der Waals surface area contributed by atoms with Crippen LogP contribution in [0.1, 0.15) is 25.0 Å². The average molecular weight is 542 g/mol. The molecule has 1 saturated heterocycles. The first kappa shape index (κ1) is 26.1. The van der Waals surface area contributed by atoms with Gasteiger partial charge in [-0.1, -0.05) is 55.2 Å². The maximum atomic E-state index is 13.3. The fraction of sp³-hybridized carbons (Fsp3) is 0.214. The Balaban J connectivity index is 1.56. The van der Waals surface area contributed by atoms with Gasteiger partial charge in [0.15, 0.2) is 16.7 Å². The lowest BCUT2D eigenvalue weighted by Gasteiger charge is -2.17. The Morgan fingerprint density at radius 2 is 1.64 bits per heavy atom. The molecule has 0 unspecified atom stereocenters. The third-order valence-electron chi connectivity index (χ3n) is 5.28. The van der Waals surface area contributed by atoms with Gasteiger partial charge in [0.1, 0.15) is 6.61 Å². The Bertz CT molecular complexity index is 1290. The van der Waals surface area contributed by atoms with Gasteiger partial charge in [0, 0.05) is 16.6 Å². The standard InChI is InChI=1S/C28H26Cl2N2O3S/c1-18(2)16-32-27(33)26(36-28(32)31-23-11-9-22(30)10-12-23)15-20-6-13-24(25(14-20)34-3)35-17-19-4-7-21(29)8-5-19/h4-15,18H,16-17H2,1-3H3/b26-15-,31-28?. The molecule has 186 valence electrons. The Hall–Kier alpha value is -2.93. The van der Waals surface area contributed by atoms with Crippen LogP contribution in [0.3, 0.4) is 0 Å². The molecular formula is C28H26Cl2N2O3S. The van der Waals surface area contributed by atoms with Crippen molar-refractivity contribution < 1.29 is 14.3 Å². The monoisotopic (exact) mass is 540 g/mol. The molecule has 3 aromatic rings. The van der Waals surface area contributed by atoms with Crippen molar-refractivity contribution in [3.05, 3.63) is 92.8 Å². The summed E-state index contributed by atoms with van der Waals surface area (Å²) in [5, 5.41) is 1.97. The van der Waals surface area contributed by atoms with Gasteiger partial charge in [0.05, 0.1) is 17.7 Å². The topological polar surface area (TPSA) is 51.1 Å². The number of hydrogen-bond donors (Lipinski definition) is 0. The Kier molecular flexibility index (Phi) is 8.62. The Labute approximate surface area is 225 Å². The molecule has 0 aromatic heterocycles. The predicted molar refractivity (Wildman–Crippen MR) is 149 cm³/mol. The van der Waals surface area contributed by atoms with E-state index in [4.69, 9.17) is 37.7 Å². The van der Waals surface area contributed by atoms with Crippen LogP contribution in [-0.4, -0.2) is 29.6 Å². The number of carbonyl (C=O) groups is 1. The van der Waals surface area contributed by atoms with Crippen molar-refractivity contribution in [3.8, 4) is 11.5 Å². The number of carbonyl (C=O) groups excluding carboxylic acids is 1. The number of aliphatic imine (C=N–C) groups is 1. The molecular weight excluding hydrogens is 515 g/mol. The summed E-state index contributed by atoms with van der Waals surface area (Å²) in [7, 11) is 1.60. The summed E-state index contributed by atoms with van der Waals surface area (Å²) in [5.41, 5.74) is 2.57. The lowest BCUT2D eigenvalue weighted by Crippen LogP contribution is -2.32. The van der Waals surface area contributed by atoms with Gasteiger partial charge in [0.25, 0.3) is 5.91 Å². The van der Waals surface area contributed by atoms with Crippen LogP contribution in [0.2, 0.25) is 10.0 Å². The van der Waals surface area contributed by atoms with Crippen molar-refractivity contribution in [2.45, 2.75) is 20.5 Å². The summed E-state index contributed by atoms with van der Waals surface area (Å²) in [6.45, 7) is 5.12. The SMILES string of the molecule is COc1cc(/C=C2\SC(=Nc3ccc(Cl)cc3)N(CC(C)C)C2=O)ccc1OCc1ccc(Cl)cc1. The van der Waals surface area contributed by atoms with Crippen molar-refractivity contribution >= 4 is 57.8 Å². The molecule has 36 heavy (non-hydrogen) atoms. The highest BCUT2D eigenvalue weighted by Crippen LogP contribution is 2.36. The van der Waals surface area contributed by atoms with Crippen LogP contribution in [0.15, 0.2) is 76.6 Å². The minimum atomic E-state index is -0.0663. The van der Waals surface area contributed by atoms with Gasteiger partial charge in [0.2, 0.25) is 0 Å². The van der Waals surface area contributed by atoms with E-state index >= 15 is 0 Å². The number of benzene rings is 3. The van der Waals surface area contributed by atoms with Crippen molar-refractivity contribution in [2.24, 2.45) is 10.9 Å². The fourth-order valence-electron chi connectivity index (χ4n) is 3.53. The first-order chi connectivity index (χ1) is 17.3. The molecule has 0 aliphatic carbocycles. The summed E-state index contributed by atoms with van der Waals surface area (Å²) >= 11 is 13.3. The third kappa shape index (κ3) is 6.64. The minimum absolute atomic E-state index is 0.0663. The van der Waals surface area contributed by atoms with Crippen LogP contribution < -0.4 is 9.47 Å². The molecule has 5 nitrogen and oxygen atoms in total. The normalized spacial score (nSPS) is 15.8. The highest BCUT2D eigenvalue weighted by molar-refractivity contribution is 8.18. The number of thioether (sulfide) groups is 1. The van der Waals surface area contributed by atoms with Crippen LogP contribution in [0.5, 0.6) is 11.5 Å². The molecule has 4 rings (SSSR count). The van der Waals surface area contributed by atoms with E-state index in [9.17, 15) is 4.79 Å². The molecule has 0 bridgehead atoms. The highest BCUT2D eigenvalue weighted by Gasteiger charge is 2.33. The first-order valence-electron chi connectivity index (χ1n) is 11.4. The summed E-state index contributed by atoms with van der Waals surface area (Å²) in [4.78, 5) is 20.3. The summed E-state index contributed by atoms with van der Waals surface area (Å²) in [5.74, 6) is 1.43. The van der Waals surface area contributed by atoms with Crippen molar-refractivity contribution in [3.63, 3.8) is 0 Å². The third-order valence-corrected chi connectivity index (χ3v) is 6.79. The zero-order valence-corrected chi connectivity index (χ0v) is 22.5. The van der Waals surface area contributed by atoms with E-state index in [0.29, 0.717) is 50.7 Å². The number of rotatable bonds is 8. The number of methoxy groups -OCH3 is 1. The van der Waals surface area contributed by atoms with E-state index in [1.54, 1.807) is 24.1 Å². The van der Waals surface area contributed by atoms with Gasteiger partial charge in [-0.3, -0.25) is 9.69 Å². The van der Waals surface area contributed by atoms with Gasteiger partial charge in [-0.05, 0) is 83.4 Å². The molecule has 1 aliphatic heterocycles. The molecule has 0 atom stereocenters. The zero-order chi connectivity index (χ0) is 25.7. The Morgan fingerprint density at radius 1 is 0.972 bits per heavy atom. The van der Waals surface area contributed by atoms with E-state index in [-0.39, 0.29) is 5.91 Å². The second-order valence-electron chi connectivity index (χ2n) is 8.62. The smallest absolute Gasteiger partial charge is 0.266 e. The first-order valence-corrected chi connectivity index (χ1v) is 13.0. The second kappa shape index (κ2) is 11.9. The van der Waals surface area contributed by atoms with Gasteiger partial charge in [-0.25, -0.2) is 4.99 Å². The molecule has 1 aliphatic rings. The Morgan fingerprint density at radius 3 is 2.28 bits per heavy atom. The van der Waals surface area contributed by atoms with Crippen LogP contribution in [-0.2, 0) is 11.4 Å². The maximum absolute atomic E-state index is 13.3. The molecule has 1 fully saturated rings. The molecule has 1 heterocycles.